The van der Waals surface area contributed by atoms with Crippen LogP contribution >= 0.6 is 11.3 Å². The van der Waals surface area contributed by atoms with Crippen LogP contribution in [0, 0.1) is 0 Å². The monoisotopic (exact) mass is 289 g/mol. The highest BCUT2D eigenvalue weighted by atomic mass is 32.1. The molecule has 1 aliphatic heterocycles. The van der Waals surface area contributed by atoms with Gasteiger partial charge < -0.3 is 9.64 Å². The molecule has 6 heteroatoms. The van der Waals surface area contributed by atoms with Crippen LogP contribution in [0.4, 0.5) is 0 Å². The molecule has 20 heavy (non-hydrogen) atoms. The van der Waals surface area contributed by atoms with Gasteiger partial charge in [0, 0.05) is 24.2 Å². The van der Waals surface area contributed by atoms with Crippen molar-refractivity contribution in [3.8, 4) is 5.88 Å². The molecule has 1 atom stereocenters. The summed E-state index contributed by atoms with van der Waals surface area (Å²) in [5.41, 5.74) is 0.759. The lowest BCUT2D eigenvalue weighted by atomic mass is 10.1. The Bertz CT molecular complexity index is 559. The number of thiophene rings is 1. The zero-order chi connectivity index (χ0) is 13.8. The summed E-state index contributed by atoms with van der Waals surface area (Å²) >= 11 is 1.54. The summed E-state index contributed by atoms with van der Waals surface area (Å²) in [7, 11) is 0. The number of hydrogen-bond donors (Lipinski definition) is 0. The predicted molar refractivity (Wildman–Crippen MR) is 75.9 cm³/mol. The number of carbonyl (C=O) groups is 1. The predicted octanol–water partition coefficient (Wildman–Crippen LogP) is 2.22. The number of amides is 1. The Morgan fingerprint density at radius 3 is 3.15 bits per heavy atom. The van der Waals surface area contributed by atoms with Gasteiger partial charge in [0.1, 0.15) is 6.10 Å². The number of ether oxygens (including phenoxy) is 1. The summed E-state index contributed by atoms with van der Waals surface area (Å²) < 4.78 is 5.79. The van der Waals surface area contributed by atoms with Crippen molar-refractivity contribution in [1.82, 2.24) is 15.1 Å². The summed E-state index contributed by atoms with van der Waals surface area (Å²) in [6, 6.07) is 5.44. The number of nitrogens with zero attached hydrogens (tertiary/aromatic N) is 3. The molecule has 0 unspecified atom stereocenters. The number of likely N-dealkylation sites (tertiary alicyclic amines) is 1. The fraction of sp³-hybridized carbons (Fsp3) is 0.357. The van der Waals surface area contributed by atoms with Crippen molar-refractivity contribution in [3.05, 3.63) is 40.7 Å². The average molecular weight is 289 g/mol. The molecule has 104 valence electrons. The van der Waals surface area contributed by atoms with Crippen molar-refractivity contribution < 1.29 is 9.53 Å². The maximum atomic E-state index is 12.3. The van der Waals surface area contributed by atoms with Gasteiger partial charge in [-0.3, -0.25) is 4.79 Å². The molecule has 0 spiro atoms. The van der Waals surface area contributed by atoms with Crippen molar-refractivity contribution >= 4 is 17.2 Å². The smallest absolute Gasteiger partial charge is 0.254 e. The van der Waals surface area contributed by atoms with E-state index in [9.17, 15) is 4.79 Å². The Labute approximate surface area is 121 Å². The van der Waals surface area contributed by atoms with E-state index in [1.165, 1.54) is 11.3 Å². The maximum absolute atomic E-state index is 12.3. The zero-order valence-corrected chi connectivity index (χ0v) is 11.8. The lowest BCUT2D eigenvalue weighted by molar-refractivity contribution is 0.0526. The highest BCUT2D eigenvalue weighted by Gasteiger charge is 2.26. The summed E-state index contributed by atoms with van der Waals surface area (Å²) in [6.07, 6.45) is 3.48. The molecule has 0 saturated carbocycles. The third kappa shape index (κ3) is 2.96. The van der Waals surface area contributed by atoms with E-state index >= 15 is 0 Å². The first-order chi connectivity index (χ1) is 9.83. The van der Waals surface area contributed by atoms with Crippen LogP contribution < -0.4 is 4.74 Å². The first kappa shape index (κ1) is 13.1. The Kier molecular flexibility index (Phi) is 3.92. The van der Waals surface area contributed by atoms with Crippen LogP contribution in [-0.4, -0.2) is 40.2 Å². The molecule has 2 aromatic heterocycles. The lowest BCUT2D eigenvalue weighted by Gasteiger charge is -2.32. The number of aromatic nitrogens is 2. The molecule has 3 heterocycles. The lowest BCUT2D eigenvalue weighted by Crippen LogP contribution is -2.44. The molecule has 0 N–H and O–H groups in total. The molecular formula is C14H15N3O2S. The second-order valence-electron chi connectivity index (χ2n) is 4.71. The Hall–Kier alpha value is -1.95. The number of rotatable bonds is 3. The van der Waals surface area contributed by atoms with E-state index in [0.29, 0.717) is 12.4 Å². The highest BCUT2D eigenvalue weighted by molar-refractivity contribution is 7.08. The van der Waals surface area contributed by atoms with Crippen LogP contribution in [0.2, 0.25) is 0 Å². The molecule has 1 saturated heterocycles. The van der Waals surface area contributed by atoms with Gasteiger partial charge >= 0.3 is 0 Å². The molecule has 0 aromatic carbocycles. The van der Waals surface area contributed by atoms with Gasteiger partial charge in [0.05, 0.1) is 12.1 Å². The second kappa shape index (κ2) is 6.00. The van der Waals surface area contributed by atoms with Gasteiger partial charge in [-0.15, -0.1) is 5.10 Å². The van der Waals surface area contributed by atoms with Gasteiger partial charge in [0.25, 0.3) is 5.91 Å². The summed E-state index contributed by atoms with van der Waals surface area (Å²) in [6.45, 7) is 1.39. The third-order valence-electron chi connectivity index (χ3n) is 3.27. The van der Waals surface area contributed by atoms with Gasteiger partial charge in [-0.2, -0.15) is 16.4 Å². The second-order valence-corrected chi connectivity index (χ2v) is 5.49. The van der Waals surface area contributed by atoms with Crippen LogP contribution in [0.5, 0.6) is 5.88 Å². The van der Waals surface area contributed by atoms with Crippen molar-refractivity contribution in [2.75, 3.05) is 13.1 Å². The Balaban J connectivity index is 1.63. The normalized spacial score (nSPS) is 18.8. The fourth-order valence-corrected chi connectivity index (χ4v) is 2.94. The van der Waals surface area contributed by atoms with E-state index in [-0.39, 0.29) is 12.0 Å². The van der Waals surface area contributed by atoms with E-state index in [2.05, 4.69) is 10.2 Å². The minimum absolute atomic E-state index is 0.0111. The first-order valence-electron chi connectivity index (χ1n) is 6.59. The molecule has 0 aliphatic carbocycles. The highest BCUT2D eigenvalue weighted by Crippen LogP contribution is 2.18. The summed E-state index contributed by atoms with van der Waals surface area (Å²) in [5.74, 6) is 0.598. The SMILES string of the molecule is O=C(c1ccsc1)N1CCC[C@H](Oc2cccnn2)C1. The van der Waals surface area contributed by atoms with Gasteiger partial charge in [0.15, 0.2) is 0 Å². The molecule has 2 aromatic rings. The molecule has 0 radical (unpaired) electrons. The molecule has 5 nitrogen and oxygen atoms in total. The van der Waals surface area contributed by atoms with E-state index in [4.69, 9.17) is 4.74 Å². The minimum Gasteiger partial charge on any atom is -0.471 e. The zero-order valence-electron chi connectivity index (χ0n) is 10.9. The van der Waals surface area contributed by atoms with Crippen molar-refractivity contribution in [2.24, 2.45) is 0 Å². The number of piperidine rings is 1. The van der Waals surface area contributed by atoms with Gasteiger partial charge in [-0.25, -0.2) is 0 Å². The summed E-state index contributed by atoms with van der Waals surface area (Å²) in [4.78, 5) is 14.2. The molecule has 1 amide bonds. The fourth-order valence-electron chi connectivity index (χ4n) is 2.31. The van der Waals surface area contributed by atoms with E-state index in [1.807, 2.05) is 21.7 Å². The number of carbonyl (C=O) groups excluding carboxylic acids is 1. The number of hydrogen-bond acceptors (Lipinski definition) is 5. The third-order valence-corrected chi connectivity index (χ3v) is 3.95. The maximum Gasteiger partial charge on any atom is 0.254 e. The topological polar surface area (TPSA) is 55.3 Å². The molecule has 1 fully saturated rings. The molecule has 0 bridgehead atoms. The van der Waals surface area contributed by atoms with Crippen molar-refractivity contribution in [1.29, 1.82) is 0 Å². The first-order valence-corrected chi connectivity index (χ1v) is 7.53. The Morgan fingerprint density at radius 2 is 2.40 bits per heavy atom. The van der Waals surface area contributed by atoms with Crippen molar-refractivity contribution in [2.45, 2.75) is 18.9 Å². The van der Waals surface area contributed by atoms with Crippen LogP contribution in [0.25, 0.3) is 0 Å². The van der Waals surface area contributed by atoms with Gasteiger partial charge in [-0.05, 0) is 30.4 Å². The van der Waals surface area contributed by atoms with Gasteiger partial charge in [0.2, 0.25) is 5.88 Å². The largest absolute Gasteiger partial charge is 0.471 e. The molecular weight excluding hydrogens is 274 g/mol. The minimum atomic E-state index is -0.0111. The summed E-state index contributed by atoms with van der Waals surface area (Å²) in [5, 5.41) is 11.5. The van der Waals surface area contributed by atoms with Crippen LogP contribution in [0.3, 0.4) is 0 Å². The Morgan fingerprint density at radius 1 is 1.45 bits per heavy atom. The van der Waals surface area contributed by atoms with Gasteiger partial charge in [-0.1, -0.05) is 0 Å². The standard InChI is InChI=1S/C14H15N3O2S/c18-14(11-5-8-20-10-11)17-7-2-3-12(9-17)19-13-4-1-6-15-16-13/h1,4-6,8,10,12H,2-3,7,9H2/t12-/m0/s1. The van der Waals surface area contributed by atoms with Crippen LogP contribution in [0.15, 0.2) is 35.2 Å². The molecule has 1 aliphatic rings. The van der Waals surface area contributed by atoms with Crippen LogP contribution in [0.1, 0.15) is 23.2 Å². The quantitative estimate of drug-likeness (QED) is 0.869. The van der Waals surface area contributed by atoms with Crippen LogP contribution in [-0.2, 0) is 0 Å². The van der Waals surface area contributed by atoms with Crippen molar-refractivity contribution in [3.63, 3.8) is 0 Å². The van der Waals surface area contributed by atoms with E-state index in [1.54, 1.807) is 18.3 Å². The average Bonchev–Trinajstić information content (AvgIpc) is 3.02. The van der Waals surface area contributed by atoms with E-state index < -0.39 is 0 Å². The molecule has 3 rings (SSSR count). The van der Waals surface area contributed by atoms with E-state index in [0.717, 1.165) is 24.9 Å².